The largest absolute Gasteiger partial charge is 0.434 e. The smallest absolute Gasteiger partial charge is 0.387 e. The maximum atomic E-state index is 12.8. The van der Waals surface area contributed by atoms with E-state index in [0.717, 1.165) is 20.8 Å². The number of fused-ring (bicyclic) bond motifs is 2. The molecular weight excluding hydrogens is 358 g/mol. The number of aromatic nitrogens is 2. The summed E-state index contributed by atoms with van der Waals surface area (Å²) in [4.78, 5) is 19.3. The van der Waals surface area contributed by atoms with Gasteiger partial charge in [-0.1, -0.05) is 18.2 Å². The van der Waals surface area contributed by atoms with Gasteiger partial charge in [-0.3, -0.25) is 9.36 Å². The van der Waals surface area contributed by atoms with Crippen molar-refractivity contribution in [2.24, 2.45) is 0 Å². The van der Waals surface area contributed by atoms with Gasteiger partial charge in [0.15, 0.2) is 0 Å². The molecule has 0 saturated heterocycles. The number of hydrogen-bond acceptors (Lipinski definition) is 4. The Bertz CT molecular complexity index is 1100. The monoisotopic (exact) mass is 374 g/mol. The average molecular weight is 374 g/mol. The molecule has 4 nitrogen and oxygen atoms in total. The van der Waals surface area contributed by atoms with E-state index in [0.29, 0.717) is 29.7 Å². The molecule has 26 heavy (non-hydrogen) atoms. The summed E-state index contributed by atoms with van der Waals surface area (Å²) in [6, 6.07) is 6.62. The zero-order valence-electron chi connectivity index (χ0n) is 14.3. The number of para-hydroxylation sites is 1. The van der Waals surface area contributed by atoms with E-state index in [1.54, 1.807) is 28.8 Å². The van der Waals surface area contributed by atoms with E-state index < -0.39 is 6.61 Å². The van der Waals surface area contributed by atoms with Crippen molar-refractivity contribution in [2.45, 2.75) is 33.4 Å². The molecule has 3 heterocycles. The number of alkyl halides is 2. The van der Waals surface area contributed by atoms with Crippen LogP contribution in [0.4, 0.5) is 8.78 Å². The minimum Gasteiger partial charge on any atom is -0.434 e. The summed E-state index contributed by atoms with van der Waals surface area (Å²) in [6.07, 6.45) is 2.41. The van der Waals surface area contributed by atoms with Crippen molar-refractivity contribution in [3.63, 3.8) is 0 Å². The molecule has 0 fully saturated rings. The molecule has 3 aromatic rings. The maximum absolute atomic E-state index is 12.8. The first-order valence-corrected chi connectivity index (χ1v) is 9.02. The minimum absolute atomic E-state index is 0.0348. The van der Waals surface area contributed by atoms with E-state index in [4.69, 9.17) is 4.98 Å². The standard InChI is InChI=1S/C19H16F2N2O2S/c1-10-11(2)26-17-15(10)18(24)23-8-7-13(16(23)22-17)9-12-5-3-4-6-14(12)25-19(20)21/h3-6,9,19H,7-8H2,1-2H3/b13-9-. The lowest BCUT2D eigenvalue weighted by atomic mass is 10.1. The third kappa shape index (κ3) is 2.72. The van der Waals surface area contributed by atoms with E-state index >= 15 is 0 Å². The Morgan fingerprint density at radius 3 is 2.85 bits per heavy atom. The summed E-state index contributed by atoms with van der Waals surface area (Å²) in [6.45, 7) is 1.57. The molecule has 1 aromatic carbocycles. The number of aryl methyl sites for hydroxylation is 2. The van der Waals surface area contributed by atoms with E-state index in [-0.39, 0.29) is 11.3 Å². The van der Waals surface area contributed by atoms with Crippen LogP contribution < -0.4 is 10.3 Å². The lowest BCUT2D eigenvalue weighted by Crippen LogP contribution is -2.20. The second-order valence-corrected chi connectivity index (χ2v) is 7.39. The van der Waals surface area contributed by atoms with Gasteiger partial charge in [-0.2, -0.15) is 8.78 Å². The molecule has 1 aliphatic rings. The van der Waals surface area contributed by atoms with Gasteiger partial charge in [0.1, 0.15) is 16.4 Å². The van der Waals surface area contributed by atoms with E-state index in [1.807, 2.05) is 13.8 Å². The number of thiophene rings is 1. The lowest BCUT2D eigenvalue weighted by molar-refractivity contribution is -0.0499. The van der Waals surface area contributed by atoms with Crippen LogP contribution >= 0.6 is 11.3 Å². The molecule has 0 bridgehead atoms. The Kier molecular flexibility index (Phi) is 4.11. The van der Waals surface area contributed by atoms with Crippen LogP contribution in [-0.2, 0) is 6.54 Å². The van der Waals surface area contributed by atoms with Gasteiger partial charge in [-0.05, 0) is 43.5 Å². The van der Waals surface area contributed by atoms with Crippen molar-refractivity contribution in [3.8, 4) is 5.75 Å². The quantitative estimate of drug-likeness (QED) is 0.672. The van der Waals surface area contributed by atoms with Crippen LogP contribution in [0.2, 0.25) is 0 Å². The third-order valence-corrected chi connectivity index (χ3v) is 5.75. The van der Waals surface area contributed by atoms with Gasteiger partial charge in [0.05, 0.1) is 5.39 Å². The van der Waals surface area contributed by atoms with Gasteiger partial charge < -0.3 is 4.74 Å². The Hall–Kier alpha value is -2.54. The Balaban J connectivity index is 1.85. The summed E-state index contributed by atoms with van der Waals surface area (Å²) in [5.41, 5.74) is 2.33. The van der Waals surface area contributed by atoms with Crippen LogP contribution in [0.1, 0.15) is 28.2 Å². The topological polar surface area (TPSA) is 44.1 Å². The highest BCUT2D eigenvalue weighted by Gasteiger charge is 2.23. The van der Waals surface area contributed by atoms with Gasteiger partial charge in [0.2, 0.25) is 0 Å². The van der Waals surface area contributed by atoms with Crippen LogP contribution in [0.5, 0.6) is 5.75 Å². The van der Waals surface area contributed by atoms with Crippen molar-refractivity contribution in [3.05, 3.63) is 56.4 Å². The summed E-state index contributed by atoms with van der Waals surface area (Å²) >= 11 is 1.50. The van der Waals surface area contributed by atoms with Crippen LogP contribution in [0.25, 0.3) is 21.9 Å². The summed E-state index contributed by atoms with van der Waals surface area (Å²) < 4.78 is 31.5. The van der Waals surface area contributed by atoms with Crippen molar-refractivity contribution < 1.29 is 13.5 Å². The molecule has 7 heteroatoms. The van der Waals surface area contributed by atoms with Crippen LogP contribution in [0, 0.1) is 13.8 Å². The van der Waals surface area contributed by atoms with Gasteiger partial charge in [-0.15, -0.1) is 11.3 Å². The molecule has 0 aliphatic carbocycles. The molecule has 0 amide bonds. The fourth-order valence-corrected chi connectivity index (χ4v) is 4.27. The Labute approximate surface area is 152 Å². The molecule has 0 radical (unpaired) electrons. The highest BCUT2D eigenvalue weighted by molar-refractivity contribution is 7.18. The van der Waals surface area contributed by atoms with Crippen LogP contribution in [0.15, 0.2) is 29.1 Å². The number of rotatable bonds is 3. The molecule has 0 atom stereocenters. The Morgan fingerprint density at radius 2 is 2.08 bits per heavy atom. The van der Waals surface area contributed by atoms with Crippen molar-refractivity contribution in [1.82, 2.24) is 9.55 Å². The summed E-state index contributed by atoms with van der Waals surface area (Å²) in [5, 5.41) is 0.680. The summed E-state index contributed by atoms with van der Waals surface area (Å²) in [7, 11) is 0. The summed E-state index contributed by atoms with van der Waals surface area (Å²) in [5.74, 6) is 0.718. The normalized spacial score (nSPS) is 15.2. The first kappa shape index (κ1) is 16.9. The third-order valence-electron chi connectivity index (χ3n) is 4.65. The van der Waals surface area contributed by atoms with Gasteiger partial charge in [0, 0.05) is 17.0 Å². The van der Waals surface area contributed by atoms with E-state index in [2.05, 4.69) is 4.74 Å². The van der Waals surface area contributed by atoms with Crippen molar-refractivity contribution in [2.75, 3.05) is 0 Å². The van der Waals surface area contributed by atoms with Crippen molar-refractivity contribution >= 4 is 33.2 Å². The molecule has 0 saturated carbocycles. The molecule has 0 spiro atoms. The second kappa shape index (κ2) is 6.32. The van der Waals surface area contributed by atoms with Gasteiger partial charge in [0.25, 0.3) is 5.56 Å². The van der Waals surface area contributed by atoms with Crippen molar-refractivity contribution in [1.29, 1.82) is 0 Å². The number of benzene rings is 1. The minimum atomic E-state index is -2.89. The lowest BCUT2D eigenvalue weighted by Gasteiger charge is -2.08. The molecule has 0 N–H and O–H groups in total. The Morgan fingerprint density at radius 1 is 1.31 bits per heavy atom. The SMILES string of the molecule is Cc1sc2nc3n(c(=O)c2c1C)CC/C3=C/c1ccccc1OC(F)F. The van der Waals surface area contributed by atoms with Gasteiger partial charge >= 0.3 is 6.61 Å². The zero-order chi connectivity index (χ0) is 18.4. The fraction of sp³-hybridized carbons (Fsp3) is 0.263. The first-order valence-electron chi connectivity index (χ1n) is 8.21. The van der Waals surface area contributed by atoms with E-state index in [9.17, 15) is 13.6 Å². The molecular formula is C19H16F2N2O2S. The first-order chi connectivity index (χ1) is 12.5. The second-order valence-electron chi connectivity index (χ2n) is 6.19. The predicted molar refractivity (Wildman–Crippen MR) is 98.9 cm³/mol. The predicted octanol–water partition coefficient (Wildman–Crippen LogP) is 4.62. The highest BCUT2D eigenvalue weighted by atomic mass is 32.1. The van der Waals surface area contributed by atoms with Crippen LogP contribution in [0.3, 0.4) is 0 Å². The van der Waals surface area contributed by atoms with Gasteiger partial charge in [-0.25, -0.2) is 4.98 Å². The van der Waals surface area contributed by atoms with Crippen LogP contribution in [-0.4, -0.2) is 16.2 Å². The number of ether oxygens (including phenoxy) is 1. The highest BCUT2D eigenvalue weighted by Crippen LogP contribution is 2.33. The number of hydrogen-bond donors (Lipinski definition) is 0. The maximum Gasteiger partial charge on any atom is 0.387 e. The molecule has 134 valence electrons. The molecule has 4 rings (SSSR count). The number of allylic oxidation sites excluding steroid dienone is 1. The fourth-order valence-electron chi connectivity index (χ4n) is 3.25. The number of nitrogens with zero attached hydrogens (tertiary/aromatic N) is 2. The molecule has 2 aromatic heterocycles. The molecule has 0 unspecified atom stereocenters. The number of halogens is 2. The molecule has 1 aliphatic heterocycles. The van der Waals surface area contributed by atoms with E-state index in [1.165, 1.54) is 17.4 Å². The zero-order valence-corrected chi connectivity index (χ0v) is 15.1. The average Bonchev–Trinajstić information content (AvgIpc) is 3.11.